The van der Waals surface area contributed by atoms with E-state index in [1.54, 1.807) is 0 Å². The SMILES string of the molecule is O=C(CN1CCC(C(=O)O)CC1)NCCN1CCc2ccccc21. The van der Waals surface area contributed by atoms with Crippen LogP contribution in [0.1, 0.15) is 18.4 Å². The number of benzene rings is 1. The highest BCUT2D eigenvalue weighted by Crippen LogP contribution is 2.26. The molecule has 0 aliphatic carbocycles. The third-order valence-electron chi connectivity index (χ3n) is 4.99. The number of hydrogen-bond acceptors (Lipinski definition) is 4. The van der Waals surface area contributed by atoms with Gasteiger partial charge < -0.3 is 15.3 Å². The summed E-state index contributed by atoms with van der Waals surface area (Å²) in [7, 11) is 0. The monoisotopic (exact) mass is 331 g/mol. The van der Waals surface area contributed by atoms with Crippen LogP contribution in [0.25, 0.3) is 0 Å². The van der Waals surface area contributed by atoms with Crippen molar-refractivity contribution in [2.75, 3.05) is 44.2 Å². The number of amides is 1. The number of fused-ring (bicyclic) bond motifs is 1. The van der Waals surface area contributed by atoms with Gasteiger partial charge in [0.15, 0.2) is 0 Å². The minimum atomic E-state index is -0.718. The summed E-state index contributed by atoms with van der Waals surface area (Å²) in [6, 6.07) is 8.42. The second kappa shape index (κ2) is 7.66. The minimum Gasteiger partial charge on any atom is -0.481 e. The first-order valence-corrected chi connectivity index (χ1v) is 8.68. The molecule has 0 spiro atoms. The maximum Gasteiger partial charge on any atom is 0.306 e. The number of nitrogens with zero attached hydrogens (tertiary/aromatic N) is 2. The number of aliphatic carboxylic acids is 1. The Morgan fingerprint density at radius 3 is 2.67 bits per heavy atom. The van der Waals surface area contributed by atoms with E-state index in [0.29, 0.717) is 39.0 Å². The molecule has 2 N–H and O–H groups in total. The Morgan fingerprint density at radius 1 is 1.17 bits per heavy atom. The fourth-order valence-electron chi connectivity index (χ4n) is 3.57. The Bertz CT molecular complexity index is 597. The van der Waals surface area contributed by atoms with Gasteiger partial charge in [-0.15, -0.1) is 0 Å². The number of hydrogen-bond donors (Lipinski definition) is 2. The van der Waals surface area contributed by atoms with Crippen LogP contribution in [0.15, 0.2) is 24.3 Å². The average molecular weight is 331 g/mol. The van der Waals surface area contributed by atoms with E-state index in [2.05, 4.69) is 34.5 Å². The molecule has 2 heterocycles. The molecule has 0 bridgehead atoms. The van der Waals surface area contributed by atoms with Crippen molar-refractivity contribution in [2.24, 2.45) is 5.92 Å². The lowest BCUT2D eigenvalue weighted by atomic mass is 9.97. The van der Waals surface area contributed by atoms with Crippen molar-refractivity contribution in [2.45, 2.75) is 19.3 Å². The van der Waals surface area contributed by atoms with E-state index in [0.717, 1.165) is 19.5 Å². The van der Waals surface area contributed by atoms with E-state index in [9.17, 15) is 9.59 Å². The standard InChI is InChI=1S/C18H25N3O3/c22-17(13-20-9-5-15(6-10-20)18(23)24)19-8-12-21-11-7-14-3-1-2-4-16(14)21/h1-4,15H,5-13H2,(H,19,22)(H,23,24). The minimum absolute atomic E-state index is 0.0243. The van der Waals surface area contributed by atoms with Crippen molar-refractivity contribution in [3.05, 3.63) is 29.8 Å². The highest BCUT2D eigenvalue weighted by molar-refractivity contribution is 5.78. The zero-order valence-electron chi connectivity index (χ0n) is 13.9. The second-order valence-electron chi connectivity index (χ2n) is 6.60. The maximum atomic E-state index is 12.1. The van der Waals surface area contributed by atoms with Gasteiger partial charge in [0, 0.05) is 25.3 Å². The van der Waals surface area contributed by atoms with Crippen molar-refractivity contribution in [3.8, 4) is 0 Å². The summed E-state index contributed by atoms with van der Waals surface area (Å²) in [5.74, 6) is -0.944. The number of para-hydroxylation sites is 1. The number of carbonyl (C=O) groups is 2. The molecule has 2 aliphatic rings. The smallest absolute Gasteiger partial charge is 0.306 e. The number of nitrogens with one attached hydrogen (secondary N) is 1. The van der Waals surface area contributed by atoms with Crippen molar-refractivity contribution < 1.29 is 14.7 Å². The van der Waals surface area contributed by atoms with Gasteiger partial charge in [0.25, 0.3) is 0 Å². The Hall–Kier alpha value is -2.08. The van der Waals surface area contributed by atoms with E-state index in [1.807, 2.05) is 4.90 Å². The van der Waals surface area contributed by atoms with E-state index < -0.39 is 5.97 Å². The average Bonchev–Trinajstić information content (AvgIpc) is 2.99. The summed E-state index contributed by atoms with van der Waals surface area (Å²) in [4.78, 5) is 27.3. The Kier molecular flexibility index (Phi) is 5.35. The molecule has 1 saturated heterocycles. The van der Waals surface area contributed by atoms with Gasteiger partial charge in [-0.3, -0.25) is 14.5 Å². The Morgan fingerprint density at radius 2 is 1.92 bits per heavy atom. The molecule has 1 fully saturated rings. The summed E-state index contributed by atoms with van der Waals surface area (Å²) in [6.07, 6.45) is 2.34. The summed E-state index contributed by atoms with van der Waals surface area (Å²) < 4.78 is 0. The number of piperidine rings is 1. The number of carbonyl (C=O) groups excluding carboxylic acids is 1. The van der Waals surface area contributed by atoms with Gasteiger partial charge in [-0.2, -0.15) is 0 Å². The zero-order valence-corrected chi connectivity index (χ0v) is 13.9. The summed E-state index contributed by atoms with van der Waals surface area (Å²) in [5, 5.41) is 12.0. The lowest BCUT2D eigenvalue weighted by molar-refractivity contribution is -0.143. The topological polar surface area (TPSA) is 72.9 Å². The summed E-state index contributed by atoms with van der Waals surface area (Å²) in [6.45, 7) is 4.21. The van der Waals surface area contributed by atoms with Gasteiger partial charge in [0.1, 0.15) is 0 Å². The first-order chi connectivity index (χ1) is 11.6. The van der Waals surface area contributed by atoms with Crippen molar-refractivity contribution in [3.63, 3.8) is 0 Å². The maximum absolute atomic E-state index is 12.1. The van der Waals surface area contributed by atoms with Crippen molar-refractivity contribution >= 4 is 17.6 Å². The highest BCUT2D eigenvalue weighted by atomic mass is 16.4. The first kappa shape index (κ1) is 16.8. The molecule has 24 heavy (non-hydrogen) atoms. The van der Waals surface area contributed by atoms with Crippen LogP contribution in [0.5, 0.6) is 0 Å². The second-order valence-corrected chi connectivity index (χ2v) is 6.60. The normalized spacial score (nSPS) is 18.4. The fraction of sp³-hybridized carbons (Fsp3) is 0.556. The predicted octanol–water partition coefficient (Wildman–Crippen LogP) is 0.962. The van der Waals surface area contributed by atoms with Crippen LogP contribution < -0.4 is 10.2 Å². The summed E-state index contributed by atoms with van der Waals surface area (Å²) in [5.41, 5.74) is 2.66. The van der Waals surface area contributed by atoms with E-state index >= 15 is 0 Å². The molecule has 0 aromatic heterocycles. The Labute approximate surface area is 142 Å². The molecule has 6 nitrogen and oxygen atoms in total. The van der Waals surface area contributed by atoms with E-state index in [4.69, 9.17) is 5.11 Å². The molecule has 0 saturated carbocycles. The van der Waals surface area contributed by atoms with Gasteiger partial charge in [-0.25, -0.2) is 0 Å². The summed E-state index contributed by atoms with van der Waals surface area (Å²) >= 11 is 0. The molecule has 3 rings (SSSR count). The first-order valence-electron chi connectivity index (χ1n) is 8.68. The quantitative estimate of drug-likeness (QED) is 0.812. The number of carboxylic acid groups (broad SMARTS) is 1. The molecular weight excluding hydrogens is 306 g/mol. The lowest BCUT2D eigenvalue weighted by Crippen LogP contribution is -2.44. The van der Waals surface area contributed by atoms with Gasteiger partial charge >= 0.3 is 5.97 Å². The number of rotatable bonds is 6. The zero-order chi connectivity index (χ0) is 16.9. The molecule has 1 aromatic rings. The third-order valence-corrected chi connectivity index (χ3v) is 4.99. The lowest BCUT2D eigenvalue weighted by Gasteiger charge is -2.29. The molecule has 0 atom stereocenters. The number of anilines is 1. The van der Waals surface area contributed by atoms with Crippen LogP contribution in [-0.2, 0) is 16.0 Å². The molecule has 0 unspecified atom stereocenters. The van der Waals surface area contributed by atoms with E-state index in [-0.39, 0.29) is 11.8 Å². The molecule has 2 aliphatic heterocycles. The number of carboxylic acids is 1. The molecule has 130 valence electrons. The molecule has 6 heteroatoms. The fourth-order valence-corrected chi connectivity index (χ4v) is 3.57. The highest BCUT2D eigenvalue weighted by Gasteiger charge is 2.25. The van der Waals surface area contributed by atoms with Crippen molar-refractivity contribution in [1.29, 1.82) is 0 Å². The predicted molar refractivity (Wildman–Crippen MR) is 92.2 cm³/mol. The molecule has 1 amide bonds. The van der Waals surface area contributed by atoms with Crippen LogP contribution in [0, 0.1) is 5.92 Å². The van der Waals surface area contributed by atoms with E-state index in [1.165, 1.54) is 11.3 Å². The van der Waals surface area contributed by atoms with Crippen LogP contribution in [-0.4, -0.2) is 61.2 Å². The molecular formula is C18H25N3O3. The van der Waals surface area contributed by atoms with Crippen molar-refractivity contribution in [1.82, 2.24) is 10.2 Å². The number of likely N-dealkylation sites (tertiary alicyclic amines) is 1. The van der Waals surface area contributed by atoms with Gasteiger partial charge in [-0.05, 0) is 44.0 Å². The molecule has 0 radical (unpaired) electrons. The Balaban J connectivity index is 1.36. The van der Waals surface area contributed by atoms with Crippen LogP contribution >= 0.6 is 0 Å². The van der Waals surface area contributed by atoms with Crippen LogP contribution in [0.2, 0.25) is 0 Å². The van der Waals surface area contributed by atoms with Gasteiger partial charge in [0.05, 0.1) is 12.5 Å². The van der Waals surface area contributed by atoms with Crippen LogP contribution in [0.3, 0.4) is 0 Å². The van der Waals surface area contributed by atoms with Crippen LogP contribution in [0.4, 0.5) is 5.69 Å². The largest absolute Gasteiger partial charge is 0.481 e. The molecule has 1 aromatic carbocycles. The van der Waals surface area contributed by atoms with Gasteiger partial charge in [0.2, 0.25) is 5.91 Å². The third kappa shape index (κ3) is 4.06. The van der Waals surface area contributed by atoms with Gasteiger partial charge in [-0.1, -0.05) is 18.2 Å².